The van der Waals surface area contributed by atoms with Crippen molar-refractivity contribution in [3.8, 4) is 0 Å². The lowest BCUT2D eigenvalue weighted by atomic mass is 9.82. The standard InChI is InChI=1S/C39H51N5O5Si/c1-26(2)10-9-11-27(3)18-22-43-34-16-15-31(44-33-13-8-7-12-29(33)14-17-36(44)46)24-32(34)39(38(43)47)28(4)37(50(5,6)48)35(49-39)19-21-42-25-30(20-23-45)40-41-42/h7-8,10,12-13,15-16,18,24-25,28,35,37,45,48H,9,11,14,17,19-23H2,1-6H3/b27-18+/t28-,35+,37-,39+/m0/s1. The number of benzene rings is 2. The molecule has 3 aromatic rings. The average Bonchev–Trinajstić information content (AvgIpc) is 3.71. The summed E-state index contributed by atoms with van der Waals surface area (Å²) in [6, 6.07) is 13.9. The number of aliphatic hydroxyl groups is 1. The van der Waals surface area contributed by atoms with Crippen molar-refractivity contribution in [1.82, 2.24) is 15.0 Å². The molecule has 3 aliphatic heterocycles. The number of fused-ring (bicyclic) bond motifs is 3. The number of amides is 2. The van der Waals surface area contributed by atoms with Gasteiger partial charge >= 0.3 is 0 Å². The van der Waals surface area contributed by atoms with Gasteiger partial charge in [0.05, 0.1) is 23.2 Å². The quantitative estimate of drug-likeness (QED) is 0.167. The fourth-order valence-corrected chi connectivity index (χ4v) is 10.8. The summed E-state index contributed by atoms with van der Waals surface area (Å²) in [5.74, 6) is -0.451. The molecule has 0 saturated carbocycles. The van der Waals surface area contributed by atoms with Gasteiger partial charge in [-0.1, -0.05) is 53.6 Å². The molecule has 4 heterocycles. The Balaban J connectivity index is 1.41. The molecule has 0 unspecified atom stereocenters. The molecule has 2 amide bonds. The first-order valence-corrected chi connectivity index (χ1v) is 20.9. The Bertz CT molecular complexity index is 1810. The summed E-state index contributed by atoms with van der Waals surface area (Å²) >= 11 is 0. The van der Waals surface area contributed by atoms with Crippen LogP contribution in [0.3, 0.4) is 0 Å². The summed E-state index contributed by atoms with van der Waals surface area (Å²) in [7, 11) is -2.88. The molecular weight excluding hydrogens is 647 g/mol. The van der Waals surface area contributed by atoms with E-state index in [0.717, 1.165) is 35.3 Å². The van der Waals surface area contributed by atoms with E-state index in [9.17, 15) is 19.5 Å². The third-order valence-electron chi connectivity index (χ3n) is 10.6. The normalized spacial score (nSPS) is 23.5. The largest absolute Gasteiger partial charge is 0.432 e. The summed E-state index contributed by atoms with van der Waals surface area (Å²) in [5, 5.41) is 17.7. The van der Waals surface area contributed by atoms with Gasteiger partial charge in [0.1, 0.15) is 0 Å². The first-order chi connectivity index (χ1) is 23.8. The van der Waals surface area contributed by atoms with Crippen molar-refractivity contribution in [2.75, 3.05) is 23.0 Å². The van der Waals surface area contributed by atoms with Crippen LogP contribution in [0.2, 0.25) is 18.6 Å². The Hall–Kier alpha value is -3.90. The number of rotatable bonds is 12. The van der Waals surface area contributed by atoms with Crippen LogP contribution in [0.5, 0.6) is 0 Å². The van der Waals surface area contributed by atoms with Crippen LogP contribution in [0, 0.1) is 5.92 Å². The summed E-state index contributed by atoms with van der Waals surface area (Å²) in [6.07, 6.45) is 9.67. The predicted molar refractivity (Wildman–Crippen MR) is 198 cm³/mol. The van der Waals surface area contributed by atoms with Crippen LogP contribution in [-0.2, 0) is 39.3 Å². The highest BCUT2D eigenvalue weighted by Crippen LogP contribution is 2.60. The molecule has 50 heavy (non-hydrogen) atoms. The van der Waals surface area contributed by atoms with Gasteiger partial charge in [-0.3, -0.25) is 19.2 Å². The number of hydrogen-bond acceptors (Lipinski definition) is 7. The van der Waals surface area contributed by atoms with Gasteiger partial charge in [0, 0.05) is 61.4 Å². The Kier molecular flexibility index (Phi) is 10.3. The van der Waals surface area contributed by atoms with Gasteiger partial charge in [0.25, 0.3) is 5.91 Å². The number of para-hydroxylation sites is 1. The maximum atomic E-state index is 15.0. The molecule has 1 saturated heterocycles. The third-order valence-corrected chi connectivity index (χ3v) is 13.1. The Morgan fingerprint density at radius 3 is 2.60 bits per heavy atom. The zero-order valence-electron chi connectivity index (χ0n) is 30.2. The maximum Gasteiger partial charge on any atom is 0.264 e. The van der Waals surface area contributed by atoms with Crippen LogP contribution in [0.25, 0.3) is 0 Å². The minimum Gasteiger partial charge on any atom is -0.432 e. The van der Waals surface area contributed by atoms with Crippen molar-refractivity contribution in [3.63, 3.8) is 0 Å². The third kappa shape index (κ3) is 6.76. The van der Waals surface area contributed by atoms with Crippen LogP contribution >= 0.6 is 0 Å². The number of ether oxygens (including phenoxy) is 1. The van der Waals surface area contributed by atoms with Gasteiger partial charge in [-0.2, -0.15) is 0 Å². The van der Waals surface area contributed by atoms with Crippen LogP contribution < -0.4 is 9.80 Å². The summed E-state index contributed by atoms with van der Waals surface area (Å²) in [4.78, 5) is 43.9. The van der Waals surface area contributed by atoms with E-state index in [1.807, 2.05) is 67.5 Å². The first kappa shape index (κ1) is 35.9. The number of aryl methyl sites for hydroxylation is 2. The molecule has 2 N–H and O–H groups in total. The molecule has 0 radical (unpaired) electrons. The number of carbonyl (C=O) groups excluding carboxylic acids is 2. The zero-order valence-corrected chi connectivity index (χ0v) is 31.2. The lowest BCUT2D eigenvalue weighted by Crippen LogP contribution is -2.46. The van der Waals surface area contributed by atoms with Crippen molar-refractivity contribution in [2.45, 2.75) is 103 Å². The van der Waals surface area contributed by atoms with E-state index < -0.39 is 20.0 Å². The summed E-state index contributed by atoms with van der Waals surface area (Å²) < 4.78 is 8.83. The molecular formula is C39H51N5O5Si. The average molecular weight is 698 g/mol. The minimum atomic E-state index is -2.88. The highest BCUT2D eigenvalue weighted by molar-refractivity contribution is 6.71. The fraction of sp³-hybridized carbons (Fsp3) is 0.487. The van der Waals surface area contributed by atoms with E-state index in [-0.39, 0.29) is 29.9 Å². The lowest BCUT2D eigenvalue weighted by molar-refractivity contribution is -0.145. The number of hydrogen-bond donors (Lipinski definition) is 2. The Morgan fingerprint density at radius 1 is 1.08 bits per heavy atom. The van der Waals surface area contributed by atoms with Gasteiger partial charge in [0.2, 0.25) is 5.91 Å². The molecule has 266 valence electrons. The molecule has 2 aromatic carbocycles. The van der Waals surface area contributed by atoms with Crippen LogP contribution in [-0.4, -0.2) is 64.3 Å². The first-order valence-electron chi connectivity index (χ1n) is 17.9. The highest BCUT2D eigenvalue weighted by atomic mass is 28.4. The van der Waals surface area contributed by atoms with Crippen LogP contribution in [0.15, 0.2) is 72.0 Å². The zero-order chi connectivity index (χ0) is 35.8. The molecule has 1 spiro atoms. The molecule has 11 heteroatoms. The molecule has 6 rings (SSSR count). The van der Waals surface area contributed by atoms with E-state index in [0.29, 0.717) is 50.2 Å². The van der Waals surface area contributed by atoms with Gasteiger partial charge in [-0.05, 0) is 89.4 Å². The van der Waals surface area contributed by atoms with Crippen LogP contribution in [0.1, 0.15) is 70.2 Å². The second-order valence-corrected chi connectivity index (χ2v) is 18.9. The highest BCUT2D eigenvalue weighted by Gasteiger charge is 2.66. The van der Waals surface area contributed by atoms with E-state index in [4.69, 9.17) is 4.74 Å². The van der Waals surface area contributed by atoms with Crippen molar-refractivity contribution in [2.24, 2.45) is 5.92 Å². The smallest absolute Gasteiger partial charge is 0.264 e. The van der Waals surface area contributed by atoms with E-state index >= 15 is 0 Å². The molecule has 4 atom stereocenters. The number of allylic oxidation sites excluding steroid dienone is 3. The molecule has 0 bridgehead atoms. The van der Waals surface area contributed by atoms with E-state index in [1.165, 1.54) is 11.1 Å². The summed E-state index contributed by atoms with van der Waals surface area (Å²) in [5.41, 5.74) is 5.83. The minimum absolute atomic E-state index is 0.00433. The van der Waals surface area contributed by atoms with Crippen molar-refractivity contribution in [3.05, 3.63) is 88.8 Å². The predicted octanol–water partition coefficient (Wildman–Crippen LogP) is 6.35. The number of nitrogens with zero attached hydrogens (tertiary/aromatic N) is 5. The molecule has 1 aromatic heterocycles. The second kappa shape index (κ2) is 14.4. The monoisotopic (exact) mass is 697 g/mol. The van der Waals surface area contributed by atoms with Gasteiger partial charge in [0.15, 0.2) is 13.9 Å². The molecule has 3 aliphatic rings. The molecule has 0 aliphatic carbocycles. The SMILES string of the molecule is CC(C)=CCC/C(C)=C/CN1C(=O)[C@]2(O[C@H](CCn3cc(CCO)nn3)[C@@H]([Si](C)(C)O)[C@@H]2C)c2cc(N3C(=O)CCc4ccccc43)ccc21. The van der Waals surface area contributed by atoms with Crippen molar-refractivity contribution >= 4 is 37.2 Å². The topological polar surface area (TPSA) is 121 Å². The van der Waals surface area contributed by atoms with Gasteiger partial charge in [-0.25, -0.2) is 0 Å². The van der Waals surface area contributed by atoms with E-state index in [2.05, 4.69) is 49.3 Å². The Morgan fingerprint density at radius 2 is 1.86 bits per heavy atom. The molecule has 10 nitrogen and oxygen atoms in total. The maximum absolute atomic E-state index is 15.0. The summed E-state index contributed by atoms with van der Waals surface area (Å²) in [6.45, 7) is 13.1. The van der Waals surface area contributed by atoms with E-state index in [1.54, 1.807) is 9.58 Å². The number of aliphatic hydroxyl groups excluding tert-OH is 1. The van der Waals surface area contributed by atoms with Crippen molar-refractivity contribution < 1.29 is 24.2 Å². The van der Waals surface area contributed by atoms with Crippen molar-refractivity contribution in [1.29, 1.82) is 0 Å². The van der Waals surface area contributed by atoms with Gasteiger partial charge < -0.3 is 19.5 Å². The van der Waals surface area contributed by atoms with Crippen LogP contribution in [0.4, 0.5) is 17.1 Å². The Labute approximate surface area is 296 Å². The van der Waals surface area contributed by atoms with Gasteiger partial charge in [-0.15, -0.1) is 5.10 Å². The number of carbonyl (C=O) groups is 2. The number of anilines is 3. The molecule has 1 fully saturated rings. The number of aromatic nitrogens is 3. The second-order valence-electron chi connectivity index (χ2n) is 14.9. The fourth-order valence-electron chi connectivity index (χ4n) is 8.24. The lowest BCUT2D eigenvalue weighted by Gasteiger charge is -2.33.